The number of anilines is 6. The van der Waals surface area contributed by atoms with Crippen LogP contribution in [0.5, 0.6) is 0 Å². The van der Waals surface area contributed by atoms with E-state index in [1.165, 1.54) is 22.3 Å². The molecule has 0 aromatic heterocycles. The first kappa shape index (κ1) is 17.7. The molecular formula is C22H26N4. The van der Waals surface area contributed by atoms with E-state index in [1.54, 1.807) is 6.07 Å². The molecule has 0 aliphatic rings. The van der Waals surface area contributed by atoms with E-state index < -0.39 is 0 Å². The standard InChI is InChI=1S/C22H26N4/c1-13-5-7-19(15(3)9-13)25-21-12-22(18(24)11-17(21)23)26-20-8-6-14(2)10-16(20)4/h5-12,25-26H,23-24H2,1-4H3. The molecule has 0 saturated heterocycles. The molecular weight excluding hydrogens is 320 g/mol. The van der Waals surface area contributed by atoms with Crippen LogP contribution in [0, 0.1) is 27.7 Å². The molecule has 4 heteroatoms. The van der Waals surface area contributed by atoms with Crippen LogP contribution in [0.15, 0.2) is 48.5 Å². The summed E-state index contributed by atoms with van der Waals surface area (Å²) in [7, 11) is 0. The lowest BCUT2D eigenvalue weighted by molar-refractivity contribution is 1.36. The van der Waals surface area contributed by atoms with Crippen LogP contribution in [0.25, 0.3) is 0 Å². The van der Waals surface area contributed by atoms with Crippen LogP contribution in [0.3, 0.4) is 0 Å². The molecule has 6 N–H and O–H groups in total. The summed E-state index contributed by atoms with van der Waals surface area (Å²) in [6.07, 6.45) is 0. The average molecular weight is 346 g/mol. The van der Waals surface area contributed by atoms with Gasteiger partial charge in [0, 0.05) is 11.4 Å². The smallest absolute Gasteiger partial charge is 0.0640 e. The highest BCUT2D eigenvalue weighted by Gasteiger charge is 2.09. The maximum absolute atomic E-state index is 6.19. The zero-order chi connectivity index (χ0) is 18.8. The van der Waals surface area contributed by atoms with Gasteiger partial charge < -0.3 is 22.1 Å². The molecule has 4 nitrogen and oxygen atoms in total. The zero-order valence-electron chi connectivity index (χ0n) is 15.8. The largest absolute Gasteiger partial charge is 0.397 e. The number of rotatable bonds is 4. The van der Waals surface area contributed by atoms with Gasteiger partial charge in [-0.1, -0.05) is 35.4 Å². The number of hydrogen-bond donors (Lipinski definition) is 4. The second kappa shape index (κ2) is 7.00. The number of aryl methyl sites for hydroxylation is 4. The predicted molar refractivity (Wildman–Crippen MR) is 114 cm³/mol. The van der Waals surface area contributed by atoms with Gasteiger partial charge in [0.15, 0.2) is 0 Å². The van der Waals surface area contributed by atoms with Crippen molar-refractivity contribution in [1.29, 1.82) is 0 Å². The molecule has 0 fully saturated rings. The number of nitrogens with one attached hydrogen (secondary N) is 2. The van der Waals surface area contributed by atoms with Gasteiger partial charge in [-0.2, -0.15) is 0 Å². The van der Waals surface area contributed by atoms with Crippen molar-refractivity contribution >= 4 is 34.1 Å². The third-order valence-electron chi connectivity index (χ3n) is 4.52. The normalized spacial score (nSPS) is 10.6. The van der Waals surface area contributed by atoms with E-state index in [4.69, 9.17) is 11.5 Å². The Kier molecular flexibility index (Phi) is 4.76. The Morgan fingerprint density at radius 1 is 0.538 bits per heavy atom. The summed E-state index contributed by atoms with van der Waals surface area (Å²) < 4.78 is 0. The Bertz CT molecular complexity index is 886. The van der Waals surface area contributed by atoms with Gasteiger partial charge in [0.1, 0.15) is 0 Å². The van der Waals surface area contributed by atoms with Crippen molar-refractivity contribution in [2.45, 2.75) is 27.7 Å². The SMILES string of the molecule is Cc1ccc(Nc2cc(Nc3ccc(C)cc3C)c(N)cc2N)c(C)c1. The second-order valence-corrected chi connectivity index (χ2v) is 6.91. The number of nitrogens with two attached hydrogens (primary N) is 2. The van der Waals surface area contributed by atoms with E-state index in [-0.39, 0.29) is 0 Å². The third kappa shape index (κ3) is 3.75. The van der Waals surface area contributed by atoms with Crippen molar-refractivity contribution in [3.63, 3.8) is 0 Å². The highest BCUT2D eigenvalue weighted by Crippen LogP contribution is 2.34. The lowest BCUT2D eigenvalue weighted by Crippen LogP contribution is -2.03. The van der Waals surface area contributed by atoms with Crippen molar-refractivity contribution in [1.82, 2.24) is 0 Å². The van der Waals surface area contributed by atoms with Crippen LogP contribution >= 0.6 is 0 Å². The van der Waals surface area contributed by atoms with Gasteiger partial charge in [-0.15, -0.1) is 0 Å². The summed E-state index contributed by atoms with van der Waals surface area (Å²) in [5.74, 6) is 0. The number of nitrogen functional groups attached to an aromatic ring is 2. The molecule has 0 radical (unpaired) electrons. The molecule has 0 saturated carbocycles. The van der Waals surface area contributed by atoms with Crippen molar-refractivity contribution < 1.29 is 0 Å². The van der Waals surface area contributed by atoms with Crippen molar-refractivity contribution in [3.8, 4) is 0 Å². The number of benzene rings is 3. The fourth-order valence-electron chi connectivity index (χ4n) is 3.05. The molecule has 3 aromatic rings. The molecule has 0 atom stereocenters. The van der Waals surface area contributed by atoms with Crippen LogP contribution in [0.4, 0.5) is 34.1 Å². The molecule has 3 rings (SSSR count). The van der Waals surface area contributed by atoms with Crippen LogP contribution in [0.2, 0.25) is 0 Å². The summed E-state index contributed by atoms with van der Waals surface area (Å²) in [5, 5.41) is 6.85. The molecule has 0 aliphatic carbocycles. The van der Waals surface area contributed by atoms with Gasteiger partial charge in [-0.25, -0.2) is 0 Å². The average Bonchev–Trinajstić information content (AvgIpc) is 2.56. The highest BCUT2D eigenvalue weighted by atomic mass is 14.9. The molecule has 0 heterocycles. The van der Waals surface area contributed by atoms with Crippen molar-refractivity contribution in [2.24, 2.45) is 0 Å². The lowest BCUT2D eigenvalue weighted by Gasteiger charge is -2.17. The first-order valence-electron chi connectivity index (χ1n) is 8.71. The Hall–Kier alpha value is -3.14. The van der Waals surface area contributed by atoms with Gasteiger partial charge in [-0.3, -0.25) is 0 Å². The van der Waals surface area contributed by atoms with E-state index in [2.05, 4.69) is 74.7 Å². The lowest BCUT2D eigenvalue weighted by atomic mass is 10.1. The predicted octanol–water partition coefficient (Wildman–Crippen LogP) is 5.57. The van der Waals surface area contributed by atoms with E-state index in [9.17, 15) is 0 Å². The molecule has 3 aromatic carbocycles. The molecule has 0 bridgehead atoms. The molecule has 26 heavy (non-hydrogen) atoms. The molecule has 0 aliphatic heterocycles. The fourth-order valence-corrected chi connectivity index (χ4v) is 3.05. The minimum Gasteiger partial charge on any atom is -0.397 e. The Balaban J connectivity index is 1.94. The zero-order valence-corrected chi connectivity index (χ0v) is 15.8. The van der Waals surface area contributed by atoms with Gasteiger partial charge in [0.25, 0.3) is 0 Å². The quantitative estimate of drug-likeness (QED) is 0.466. The molecule has 0 unspecified atom stereocenters. The third-order valence-corrected chi connectivity index (χ3v) is 4.52. The minimum absolute atomic E-state index is 0.619. The first-order chi connectivity index (χ1) is 12.3. The summed E-state index contributed by atoms with van der Waals surface area (Å²) in [4.78, 5) is 0. The van der Waals surface area contributed by atoms with E-state index in [1.807, 2.05) is 6.07 Å². The minimum atomic E-state index is 0.619. The van der Waals surface area contributed by atoms with E-state index in [0.717, 1.165) is 22.7 Å². The summed E-state index contributed by atoms with van der Waals surface area (Å²) >= 11 is 0. The number of hydrogen-bond acceptors (Lipinski definition) is 4. The van der Waals surface area contributed by atoms with Crippen LogP contribution < -0.4 is 22.1 Å². The maximum Gasteiger partial charge on any atom is 0.0640 e. The van der Waals surface area contributed by atoms with Crippen LogP contribution in [-0.2, 0) is 0 Å². The first-order valence-corrected chi connectivity index (χ1v) is 8.71. The highest BCUT2D eigenvalue weighted by molar-refractivity contribution is 5.86. The summed E-state index contributed by atoms with van der Waals surface area (Å²) in [5.41, 5.74) is 22.2. The second-order valence-electron chi connectivity index (χ2n) is 6.91. The van der Waals surface area contributed by atoms with E-state index >= 15 is 0 Å². The summed E-state index contributed by atoms with van der Waals surface area (Å²) in [6, 6.07) is 16.3. The molecule has 0 amide bonds. The van der Waals surface area contributed by atoms with Gasteiger partial charge in [-0.05, 0) is 63.1 Å². The molecule has 0 spiro atoms. The maximum atomic E-state index is 6.19. The van der Waals surface area contributed by atoms with Gasteiger partial charge in [0.2, 0.25) is 0 Å². The van der Waals surface area contributed by atoms with Crippen LogP contribution in [0.1, 0.15) is 22.3 Å². The van der Waals surface area contributed by atoms with Gasteiger partial charge in [0.05, 0.1) is 22.7 Å². The Morgan fingerprint density at radius 3 is 1.35 bits per heavy atom. The Labute approximate surface area is 155 Å². The van der Waals surface area contributed by atoms with Crippen molar-refractivity contribution in [2.75, 3.05) is 22.1 Å². The monoisotopic (exact) mass is 346 g/mol. The van der Waals surface area contributed by atoms with E-state index in [0.29, 0.717) is 11.4 Å². The topological polar surface area (TPSA) is 76.1 Å². The van der Waals surface area contributed by atoms with Crippen LogP contribution in [-0.4, -0.2) is 0 Å². The van der Waals surface area contributed by atoms with Crippen molar-refractivity contribution in [3.05, 3.63) is 70.8 Å². The molecule has 134 valence electrons. The Morgan fingerprint density at radius 2 is 0.962 bits per heavy atom. The van der Waals surface area contributed by atoms with Gasteiger partial charge >= 0.3 is 0 Å². The fraction of sp³-hybridized carbons (Fsp3) is 0.182. The summed E-state index contributed by atoms with van der Waals surface area (Å²) in [6.45, 7) is 8.33.